The molecule has 5 amide bonds. The number of carboxylic acids is 1. The third kappa shape index (κ3) is 9.25. The van der Waals surface area contributed by atoms with Crippen LogP contribution in [-0.2, 0) is 4.79 Å². The molecule has 0 aliphatic heterocycles. The van der Waals surface area contributed by atoms with Gasteiger partial charge in [0.05, 0.1) is 49.9 Å². The number of nitrogens with one attached hydrogen (secondary N) is 5. The van der Waals surface area contributed by atoms with Gasteiger partial charge in [0.1, 0.15) is 11.6 Å². The SMILES string of the molecule is COc1c(NC(=O)c2ccc(NC(=O)c3ccc(NC(=O)[C@H](CC#N)NC(=O)c4ccc(NC(=O)c5ccco5)cc4)cc3)c(OC)c2O)ccc(C(=O)O)c1O. The fourth-order valence-electron chi connectivity index (χ4n) is 5.27. The average Bonchev–Trinajstić information content (AvgIpc) is 3.74. The van der Waals surface area contributed by atoms with Crippen molar-refractivity contribution in [3.8, 4) is 29.1 Å². The van der Waals surface area contributed by atoms with Gasteiger partial charge in [-0.2, -0.15) is 5.26 Å². The summed E-state index contributed by atoms with van der Waals surface area (Å²) in [7, 11) is 2.35. The van der Waals surface area contributed by atoms with Crippen LogP contribution in [0.2, 0.25) is 0 Å². The molecule has 57 heavy (non-hydrogen) atoms. The molecule has 0 radical (unpaired) electrons. The summed E-state index contributed by atoms with van der Waals surface area (Å²) in [6, 6.07) is 19.8. The summed E-state index contributed by atoms with van der Waals surface area (Å²) in [4.78, 5) is 75.7. The molecule has 18 nitrogen and oxygen atoms in total. The van der Waals surface area contributed by atoms with E-state index >= 15 is 0 Å². The molecule has 5 rings (SSSR count). The molecule has 0 unspecified atom stereocenters. The van der Waals surface area contributed by atoms with Crippen molar-refractivity contribution in [1.82, 2.24) is 5.32 Å². The van der Waals surface area contributed by atoms with Gasteiger partial charge in [0.15, 0.2) is 28.8 Å². The maximum absolute atomic E-state index is 13.1. The molecule has 8 N–H and O–H groups in total. The number of aromatic hydroxyl groups is 2. The Morgan fingerprint density at radius 3 is 1.72 bits per heavy atom. The van der Waals surface area contributed by atoms with Crippen LogP contribution in [0.1, 0.15) is 58.4 Å². The molecule has 1 heterocycles. The number of anilines is 4. The number of phenols is 2. The maximum atomic E-state index is 13.1. The Morgan fingerprint density at radius 2 is 1.19 bits per heavy atom. The van der Waals surface area contributed by atoms with Gasteiger partial charge >= 0.3 is 5.97 Å². The van der Waals surface area contributed by atoms with Gasteiger partial charge in [-0.15, -0.1) is 0 Å². The number of nitriles is 1. The minimum atomic E-state index is -1.42. The first-order chi connectivity index (χ1) is 27.3. The van der Waals surface area contributed by atoms with Crippen molar-refractivity contribution in [3.63, 3.8) is 0 Å². The third-order valence-corrected chi connectivity index (χ3v) is 8.12. The van der Waals surface area contributed by atoms with E-state index in [1.54, 1.807) is 6.07 Å². The van der Waals surface area contributed by atoms with Crippen LogP contribution >= 0.6 is 0 Å². The zero-order valence-corrected chi connectivity index (χ0v) is 29.9. The first-order valence-corrected chi connectivity index (χ1v) is 16.5. The quantitative estimate of drug-likeness (QED) is 0.0752. The molecule has 18 heteroatoms. The van der Waals surface area contributed by atoms with Crippen LogP contribution in [0.15, 0.2) is 95.6 Å². The normalized spacial score (nSPS) is 10.9. The highest BCUT2D eigenvalue weighted by Gasteiger charge is 2.25. The van der Waals surface area contributed by atoms with E-state index in [-0.39, 0.29) is 57.4 Å². The van der Waals surface area contributed by atoms with Gasteiger partial charge in [0, 0.05) is 22.5 Å². The molecule has 4 aromatic carbocycles. The van der Waals surface area contributed by atoms with Gasteiger partial charge in [0.25, 0.3) is 23.6 Å². The number of carbonyl (C=O) groups is 6. The summed E-state index contributed by atoms with van der Waals surface area (Å²) in [6.07, 6.45) is 0.998. The number of hydrogen-bond donors (Lipinski definition) is 8. The van der Waals surface area contributed by atoms with Gasteiger partial charge in [-0.1, -0.05) is 0 Å². The van der Waals surface area contributed by atoms with E-state index in [4.69, 9.17) is 13.9 Å². The second-order valence-electron chi connectivity index (χ2n) is 11.8. The third-order valence-electron chi connectivity index (χ3n) is 8.12. The minimum absolute atomic E-state index is 0.0154. The molecule has 0 fully saturated rings. The smallest absolute Gasteiger partial charge is 0.339 e. The van der Waals surface area contributed by atoms with Crippen LogP contribution < -0.4 is 36.1 Å². The number of ether oxygens (including phenoxy) is 2. The van der Waals surface area contributed by atoms with Crippen LogP contribution in [0.4, 0.5) is 22.7 Å². The number of furan rings is 1. The van der Waals surface area contributed by atoms with Gasteiger partial charge in [-0.3, -0.25) is 24.0 Å². The van der Waals surface area contributed by atoms with Gasteiger partial charge in [-0.25, -0.2) is 4.79 Å². The van der Waals surface area contributed by atoms with E-state index in [2.05, 4.69) is 26.6 Å². The van der Waals surface area contributed by atoms with Crippen molar-refractivity contribution >= 4 is 58.3 Å². The summed E-state index contributed by atoms with van der Waals surface area (Å²) in [6.45, 7) is 0. The average molecular weight is 777 g/mol. The van der Waals surface area contributed by atoms with Crippen LogP contribution in [-0.4, -0.2) is 71.1 Å². The van der Waals surface area contributed by atoms with Crippen LogP contribution in [0.5, 0.6) is 23.0 Å². The predicted octanol–water partition coefficient (Wildman–Crippen LogP) is 4.81. The highest BCUT2D eigenvalue weighted by molar-refractivity contribution is 6.10. The van der Waals surface area contributed by atoms with E-state index in [0.29, 0.717) is 5.69 Å². The molecule has 0 saturated heterocycles. The number of phenolic OH excluding ortho intramolecular Hbond substituents is 1. The Labute approximate surface area is 322 Å². The molecule has 290 valence electrons. The Bertz CT molecular complexity index is 2390. The molecule has 1 aromatic heterocycles. The Kier molecular flexibility index (Phi) is 12.4. The summed E-state index contributed by atoms with van der Waals surface area (Å²) >= 11 is 0. The van der Waals surface area contributed by atoms with Crippen molar-refractivity contribution < 1.29 is 58.0 Å². The van der Waals surface area contributed by atoms with Crippen LogP contribution in [0.25, 0.3) is 0 Å². The number of rotatable bonds is 14. The standard InChI is InChI=1S/C39H32N6O12/c1-55-32-26(15-13-24(30(32)46)36(50)44-27-16-14-25(39(53)54)31(47)33(27)56-2)43-34(48)20-5-9-22(10-6-20)41-37(51)28(17-18-40)45-35(49)21-7-11-23(12-8-21)42-38(52)29-4-3-19-57-29/h3-16,19,28,46-47H,17H2,1-2H3,(H,41,51)(H,42,52)(H,43,48)(H,44,50)(H,45,49)(H,53,54)/t28-/m0/s1. The Balaban J connectivity index is 1.20. The van der Waals surface area contributed by atoms with Crippen molar-refractivity contribution in [2.24, 2.45) is 0 Å². The number of aromatic carboxylic acids is 1. The predicted molar refractivity (Wildman–Crippen MR) is 202 cm³/mol. The van der Waals surface area contributed by atoms with Gasteiger partial charge in [-0.05, 0) is 84.9 Å². The van der Waals surface area contributed by atoms with Crippen molar-refractivity contribution in [3.05, 3.63) is 119 Å². The number of nitrogens with zero attached hydrogens (tertiary/aromatic N) is 1. The molecule has 0 bridgehead atoms. The number of carbonyl (C=O) groups excluding carboxylic acids is 5. The maximum Gasteiger partial charge on any atom is 0.339 e. The lowest BCUT2D eigenvalue weighted by Crippen LogP contribution is -2.43. The second-order valence-corrected chi connectivity index (χ2v) is 11.8. The van der Waals surface area contributed by atoms with Crippen LogP contribution in [0.3, 0.4) is 0 Å². The van der Waals surface area contributed by atoms with E-state index in [0.717, 1.165) is 13.2 Å². The largest absolute Gasteiger partial charge is 0.504 e. The highest BCUT2D eigenvalue weighted by Crippen LogP contribution is 2.40. The van der Waals surface area contributed by atoms with Crippen molar-refractivity contribution in [2.75, 3.05) is 35.5 Å². The summed E-state index contributed by atoms with van der Waals surface area (Å²) in [5.74, 6) is -6.68. The fourth-order valence-corrected chi connectivity index (χ4v) is 5.27. The molecule has 0 saturated carbocycles. The Hall–Kier alpha value is -8.33. The van der Waals surface area contributed by atoms with E-state index in [1.807, 2.05) is 6.07 Å². The molecular weight excluding hydrogens is 744 g/mol. The molecule has 5 aromatic rings. The van der Waals surface area contributed by atoms with Crippen molar-refractivity contribution in [2.45, 2.75) is 12.5 Å². The lowest BCUT2D eigenvalue weighted by atomic mass is 10.1. The number of carboxylic acid groups (broad SMARTS) is 1. The summed E-state index contributed by atoms with van der Waals surface area (Å²) in [5, 5.41) is 52.4. The molecule has 0 aliphatic rings. The fraction of sp³-hybridized carbons (Fsp3) is 0.103. The van der Waals surface area contributed by atoms with Gasteiger partial charge < -0.3 is 55.8 Å². The van der Waals surface area contributed by atoms with E-state index in [1.165, 1.54) is 86.2 Å². The minimum Gasteiger partial charge on any atom is -0.504 e. The topological polar surface area (TPSA) is 279 Å². The lowest BCUT2D eigenvalue weighted by Gasteiger charge is -2.17. The number of amides is 5. The number of methoxy groups -OCH3 is 2. The zero-order chi connectivity index (χ0) is 41.2. The molecule has 0 spiro atoms. The number of benzene rings is 4. The molecular formula is C39H32N6O12. The van der Waals surface area contributed by atoms with E-state index in [9.17, 15) is 49.3 Å². The molecule has 1 atom stereocenters. The summed E-state index contributed by atoms with van der Waals surface area (Å²) < 4.78 is 15.4. The van der Waals surface area contributed by atoms with Crippen molar-refractivity contribution in [1.29, 1.82) is 5.26 Å². The van der Waals surface area contributed by atoms with Crippen LogP contribution in [0, 0.1) is 11.3 Å². The molecule has 0 aliphatic carbocycles. The first kappa shape index (κ1) is 39.9. The second kappa shape index (κ2) is 17.7. The lowest BCUT2D eigenvalue weighted by molar-refractivity contribution is -0.117. The summed E-state index contributed by atoms with van der Waals surface area (Å²) in [5.41, 5.74) is 0.0206. The Morgan fingerprint density at radius 1 is 0.667 bits per heavy atom. The monoisotopic (exact) mass is 776 g/mol. The highest BCUT2D eigenvalue weighted by atomic mass is 16.5. The zero-order valence-electron chi connectivity index (χ0n) is 29.9. The number of hydrogen-bond acceptors (Lipinski definition) is 12. The first-order valence-electron chi connectivity index (χ1n) is 16.5. The van der Waals surface area contributed by atoms with Gasteiger partial charge in [0.2, 0.25) is 5.91 Å². The van der Waals surface area contributed by atoms with E-state index < -0.39 is 58.6 Å².